The van der Waals surface area contributed by atoms with E-state index in [0.29, 0.717) is 5.56 Å². The van der Waals surface area contributed by atoms with E-state index in [1.165, 1.54) is 48.5 Å². The van der Waals surface area contributed by atoms with Gasteiger partial charge in [-0.3, -0.25) is 24.6 Å². The van der Waals surface area contributed by atoms with Gasteiger partial charge in [0, 0.05) is 23.4 Å². The lowest BCUT2D eigenvalue weighted by atomic mass is 9.96. The maximum absolute atomic E-state index is 12.6. The number of nitro benzene ring substituents is 1. The van der Waals surface area contributed by atoms with Gasteiger partial charge >= 0.3 is 5.97 Å². The highest BCUT2D eigenvalue weighted by atomic mass is 16.6. The van der Waals surface area contributed by atoms with Crippen LogP contribution in [-0.4, -0.2) is 27.7 Å². The smallest absolute Gasteiger partial charge is 0.335 e. The summed E-state index contributed by atoms with van der Waals surface area (Å²) in [6.45, 7) is 1.15. The van der Waals surface area contributed by atoms with Gasteiger partial charge in [0.1, 0.15) is 0 Å². The zero-order valence-corrected chi connectivity index (χ0v) is 14.5. The summed E-state index contributed by atoms with van der Waals surface area (Å²) in [5, 5.41) is 32.5. The van der Waals surface area contributed by atoms with Gasteiger partial charge < -0.3 is 10.2 Å². The van der Waals surface area contributed by atoms with E-state index in [1.54, 1.807) is 0 Å². The fraction of sp³-hybridized carbons (Fsp3) is 0.105. The molecule has 2 aromatic rings. The van der Waals surface area contributed by atoms with Crippen molar-refractivity contribution >= 4 is 29.0 Å². The molecule has 0 fully saturated rings. The molecule has 0 spiro atoms. The van der Waals surface area contributed by atoms with Crippen molar-refractivity contribution in [1.29, 1.82) is 0 Å². The van der Waals surface area contributed by atoms with Crippen LogP contribution in [0.4, 0.5) is 11.4 Å². The zero-order valence-electron chi connectivity index (χ0n) is 14.5. The molecule has 0 saturated heterocycles. The number of carbonyl (C=O) groups excluding carboxylic acids is 2. The van der Waals surface area contributed by atoms with E-state index in [0.717, 1.165) is 11.8 Å². The second kappa shape index (κ2) is 6.95. The molecule has 1 atom stereocenters. The summed E-state index contributed by atoms with van der Waals surface area (Å²) in [6.07, 6.45) is 0. The molecule has 28 heavy (non-hydrogen) atoms. The van der Waals surface area contributed by atoms with Crippen LogP contribution < -0.4 is 10.0 Å². The number of benzene rings is 2. The van der Waals surface area contributed by atoms with Crippen LogP contribution >= 0.6 is 0 Å². The van der Waals surface area contributed by atoms with Crippen LogP contribution in [0.3, 0.4) is 0 Å². The highest BCUT2D eigenvalue weighted by Crippen LogP contribution is 2.40. The van der Waals surface area contributed by atoms with E-state index < -0.39 is 34.4 Å². The van der Waals surface area contributed by atoms with Gasteiger partial charge in [0.15, 0.2) is 5.78 Å². The molecule has 0 saturated carbocycles. The zero-order chi connectivity index (χ0) is 20.6. The van der Waals surface area contributed by atoms with Crippen molar-refractivity contribution in [1.82, 2.24) is 0 Å². The Morgan fingerprint density at radius 3 is 2.32 bits per heavy atom. The topological polar surface area (TPSA) is 141 Å². The fourth-order valence-electron chi connectivity index (χ4n) is 3.10. The van der Waals surface area contributed by atoms with Crippen LogP contribution in [0.2, 0.25) is 0 Å². The van der Waals surface area contributed by atoms with Crippen LogP contribution in [0.25, 0.3) is 0 Å². The monoisotopic (exact) mass is 381 g/mol. The number of ketones is 1. The lowest BCUT2D eigenvalue weighted by Gasteiger charge is -2.27. The van der Waals surface area contributed by atoms with Crippen molar-refractivity contribution in [2.24, 2.45) is 0 Å². The quantitative estimate of drug-likeness (QED) is 0.612. The molecule has 0 bridgehead atoms. The molecular weight excluding hydrogens is 368 g/mol. The summed E-state index contributed by atoms with van der Waals surface area (Å²) < 4.78 is 0. The number of rotatable bonds is 5. The Morgan fingerprint density at radius 1 is 1.14 bits per heavy atom. The van der Waals surface area contributed by atoms with Gasteiger partial charge in [0.25, 0.3) is 5.69 Å². The molecule has 1 amide bonds. The van der Waals surface area contributed by atoms with Gasteiger partial charge in [0.2, 0.25) is 5.91 Å². The standard InChI is InChI=1S/C19H14N2O7/c1-10(22)15-16(11-5-7-13(8-6-11)21(27)28)20(18(24)17(15)23)14-4-2-3-12(9-14)19(25)26/h2-9,16,23H,1H3,(H,25,26)/p-1/t16-/m1/s1. The Balaban J connectivity index is 2.16. The molecule has 2 aromatic carbocycles. The number of aromatic carboxylic acids is 1. The third-order valence-corrected chi connectivity index (χ3v) is 4.36. The maximum atomic E-state index is 12.6. The van der Waals surface area contributed by atoms with Gasteiger partial charge in [-0.2, -0.15) is 0 Å². The Hall–Kier alpha value is -4.01. The number of hydrogen-bond donors (Lipinski definition) is 1. The Kier molecular flexibility index (Phi) is 4.66. The predicted octanol–water partition coefficient (Wildman–Crippen LogP) is 1.58. The lowest BCUT2D eigenvalue weighted by molar-refractivity contribution is -0.384. The van der Waals surface area contributed by atoms with Crippen molar-refractivity contribution in [3.8, 4) is 0 Å². The SMILES string of the molecule is CC(=O)C1=C([O-])C(=O)N(c2cccc(C(=O)O)c2)[C@@H]1c1ccc([N+](=O)[O-])cc1. The molecule has 9 heteroatoms. The van der Waals surface area contributed by atoms with Crippen LogP contribution in [0.5, 0.6) is 0 Å². The molecular formula is C19H13N2O7-. The molecule has 0 unspecified atom stereocenters. The molecule has 0 radical (unpaired) electrons. The first kappa shape index (κ1) is 18.8. The van der Waals surface area contributed by atoms with Crippen molar-refractivity contribution in [2.45, 2.75) is 13.0 Å². The van der Waals surface area contributed by atoms with Crippen molar-refractivity contribution in [3.05, 3.63) is 81.1 Å². The molecule has 142 valence electrons. The first-order valence-corrected chi connectivity index (χ1v) is 8.05. The van der Waals surface area contributed by atoms with Crippen LogP contribution in [0.15, 0.2) is 59.9 Å². The number of amides is 1. The summed E-state index contributed by atoms with van der Waals surface area (Å²) in [6, 6.07) is 9.39. The number of non-ortho nitro benzene ring substituents is 1. The highest BCUT2D eigenvalue weighted by molar-refractivity contribution is 6.16. The summed E-state index contributed by atoms with van der Waals surface area (Å²) in [4.78, 5) is 47.2. The summed E-state index contributed by atoms with van der Waals surface area (Å²) >= 11 is 0. The van der Waals surface area contributed by atoms with Crippen molar-refractivity contribution < 1.29 is 29.5 Å². The summed E-state index contributed by atoms with van der Waals surface area (Å²) in [5.74, 6) is -3.80. The van der Waals surface area contributed by atoms with Crippen molar-refractivity contribution in [2.75, 3.05) is 4.90 Å². The van der Waals surface area contributed by atoms with E-state index in [2.05, 4.69) is 0 Å². The van der Waals surface area contributed by atoms with E-state index >= 15 is 0 Å². The number of carboxylic acid groups (broad SMARTS) is 1. The Morgan fingerprint density at radius 2 is 1.79 bits per heavy atom. The predicted molar refractivity (Wildman–Crippen MR) is 94.4 cm³/mol. The molecule has 0 aromatic heterocycles. The average molecular weight is 381 g/mol. The number of anilines is 1. The van der Waals surface area contributed by atoms with Crippen LogP contribution in [0.1, 0.15) is 28.9 Å². The maximum Gasteiger partial charge on any atom is 0.335 e. The third-order valence-electron chi connectivity index (χ3n) is 4.36. The van der Waals surface area contributed by atoms with E-state index in [9.17, 15) is 34.7 Å². The third kappa shape index (κ3) is 3.09. The first-order valence-electron chi connectivity index (χ1n) is 8.05. The van der Waals surface area contributed by atoms with Crippen molar-refractivity contribution in [3.63, 3.8) is 0 Å². The minimum absolute atomic E-state index is 0.100. The van der Waals surface area contributed by atoms with Crippen LogP contribution in [0, 0.1) is 10.1 Å². The normalized spacial score (nSPS) is 16.4. The highest BCUT2D eigenvalue weighted by Gasteiger charge is 2.39. The minimum Gasteiger partial charge on any atom is -0.868 e. The number of nitro groups is 1. The van der Waals surface area contributed by atoms with E-state index in [4.69, 9.17) is 0 Å². The number of carboxylic acids is 1. The van der Waals surface area contributed by atoms with Gasteiger partial charge in [-0.15, -0.1) is 0 Å². The number of Topliss-reactive ketones (excluding diaryl/α,β-unsaturated/α-hetero) is 1. The second-order valence-corrected chi connectivity index (χ2v) is 6.08. The van der Waals surface area contributed by atoms with Gasteiger partial charge in [-0.25, -0.2) is 4.79 Å². The number of carbonyl (C=O) groups is 3. The Bertz CT molecular complexity index is 1040. The summed E-state index contributed by atoms with van der Waals surface area (Å²) in [5.41, 5.74) is -0.132. The molecule has 1 aliphatic rings. The van der Waals surface area contributed by atoms with E-state index in [1.807, 2.05) is 0 Å². The number of hydrogen-bond acceptors (Lipinski definition) is 6. The second-order valence-electron chi connectivity index (χ2n) is 6.08. The molecule has 1 heterocycles. The Labute approximate surface area is 158 Å². The lowest BCUT2D eigenvalue weighted by Crippen LogP contribution is -2.32. The number of nitrogens with zero attached hydrogens (tertiary/aromatic N) is 2. The average Bonchev–Trinajstić information content (AvgIpc) is 2.93. The fourth-order valence-corrected chi connectivity index (χ4v) is 3.10. The molecule has 3 rings (SSSR count). The summed E-state index contributed by atoms with van der Waals surface area (Å²) in [7, 11) is 0. The molecule has 1 aliphatic heterocycles. The minimum atomic E-state index is -1.22. The van der Waals surface area contributed by atoms with Gasteiger partial charge in [0.05, 0.1) is 16.5 Å². The molecule has 9 nitrogen and oxygen atoms in total. The first-order chi connectivity index (χ1) is 13.2. The molecule has 1 N–H and O–H groups in total. The van der Waals surface area contributed by atoms with Gasteiger partial charge in [-0.05, 0) is 48.6 Å². The van der Waals surface area contributed by atoms with Crippen LogP contribution in [-0.2, 0) is 9.59 Å². The largest absolute Gasteiger partial charge is 0.868 e. The van der Waals surface area contributed by atoms with Gasteiger partial charge in [-0.1, -0.05) is 6.07 Å². The van der Waals surface area contributed by atoms with E-state index in [-0.39, 0.29) is 22.5 Å². The molecule has 0 aliphatic carbocycles.